The Morgan fingerprint density at radius 3 is 2.94 bits per heavy atom. The number of hydrogen-bond donors (Lipinski definition) is 2. The fraction of sp³-hybridized carbons (Fsp3) is 0.750. The van der Waals surface area contributed by atoms with Gasteiger partial charge in [0.15, 0.2) is 0 Å². The second-order valence-corrected chi connectivity index (χ2v) is 4.87. The maximum absolute atomic E-state index is 5.71. The molecule has 0 spiro atoms. The van der Waals surface area contributed by atoms with Gasteiger partial charge in [-0.25, -0.2) is 0 Å². The number of rotatable bonds is 4. The van der Waals surface area contributed by atoms with Crippen LogP contribution in [0.15, 0.2) is 12.3 Å². The van der Waals surface area contributed by atoms with E-state index in [1.165, 1.54) is 31.4 Å². The van der Waals surface area contributed by atoms with Gasteiger partial charge in [0.1, 0.15) is 0 Å². The number of hydrazine groups is 1. The molecule has 1 aromatic heterocycles. The van der Waals surface area contributed by atoms with Gasteiger partial charge in [-0.1, -0.05) is 19.8 Å². The molecule has 1 heterocycles. The summed E-state index contributed by atoms with van der Waals surface area (Å²) in [5, 5.41) is 4.22. The minimum atomic E-state index is 0.254. The summed E-state index contributed by atoms with van der Waals surface area (Å²) in [5.74, 6) is 7.25. The summed E-state index contributed by atoms with van der Waals surface area (Å²) in [6.45, 7) is 2.28. The zero-order chi connectivity index (χ0) is 11.5. The van der Waals surface area contributed by atoms with E-state index in [1.54, 1.807) is 0 Å². The number of nitrogens with zero attached hydrogens (tertiary/aromatic N) is 2. The molecule has 16 heavy (non-hydrogen) atoms. The van der Waals surface area contributed by atoms with Crippen molar-refractivity contribution in [3.8, 4) is 0 Å². The standard InChI is InChI=1S/C12H22N4/c1-3-9-4-5-10(8-9)12(15-13)11-6-7-14-16(11)2/h6-7,9-10,12,15H,3-5,8,13H2,1-2H3. The molecular weight excluding hydrogens is 200 g/mol. The number of aryl methyl sites for hydroxylation is 1. The summed E-state index contributed by atoms with van der Waals surface area (Å²) in [6.07, 6.45) is 7.04. The summed E-state index contributed by atoms with van der Waals surface area (Å²) in [6, 6.07) is 2.31. The lowest BCUT2D eigenvalue weighted by Crippen LogP contribution is -2.34. The topological polar surface area (TPSA) is 55.9 Å². The first-order valence-electron chi connectivity index (χ1n) is 6.20. The Morgan fingerprint density at radius 1 is 1.62 bits per heavy atom. The molecule has 0 radical (unpaired) electrons. The summed E-state index contributed by atoms with van der Waals surface area (Å²) >= 11 is 0. The molecule has 2 rings (SSSR count). The molecule has 1 fully saturated rings. The van der Waals surface area contributed by atoms with Gasteiger partial charge in [-0.3, -0.25) is 16.0 Å². The maximum Gasteiger partial charge on any atom is 0.0657 e. The van der Waals surface area contributed by atoms with Crippen LogP contribution in [-0.4, -0.2) is 9.78 Å². The lowest BCUT2D eigenvalue weighted by atomic mass is 9.94. The molecule has 1 aromatic rings. The molecule has 90 valence electrons. The zero-order valence-electron chi connectivity index (χ0n) is 10.2. The number of nitrogens with two attached hydrogens (primary N) is 1. The van der Waals surface area contributed by atoms with Crippen molar-refractivity contribution in [1.29, 1.82) is 0 Å². The predicted octanol–water partition coefficient (Wildman–Crippen LogP) is 1.75. The van der Waals surface area contributed by atoms with Crippen molar-refractivity contribution >= 4 is 0 Å². The maximum atomic E-state index is 5.71. The summed E-state index contributed by atoms with van der Waals surface area (Å²) in [5.41, 5.74) is 4.17. The van der Waals surface area contributed by atoms with Crippen molar-refractivity contribution in [3.05, 3.63) is 18.0 Å². The van der Waals surface area contributed by atoms with Gasteiger partial charge in [0.05, 0.1) is 11.7 Å². The Morgan fingerprint density at radius 2 is 2.44 bits per heavy atom. The second kappa shape index (κ2) is 4.97. The van der Waals surface area contributed by atoms with Gasteiger partial charge in [-0.2, -0.15) is 5.10 Å². The van der Waals surface area contributed by atoms with Crippen molar-refractivity contribution in [2.75, 3.05) is 0 Å². The van der Waals surface area contributed by atoms with Crippen LogP contribution in [0.3, 0.4) is 0 Å². The molecule has 3 unspecified atom stereocenters. The highest BCUT2D eigenvalue weighted by Crippen LogP contribution is 2.39. The average Bonchev–Trinajstić information content (AvgIpc) is 2.90. The smallest absolute Gasteiger partial charge is 0.0657 e. The highest BCUT2D eigenvalue weighted by Gasteiger charge is 2.31. The second-order valence-electron chi connectivity index (χ2n) is 4.87. The molecule has 0 aliphatic heterocycles. The highest BCUT2D eigenvalue weighted by atomic mass is 15.3. The summed E-state index contributed by atoms with van der Waals surface area (Å²) < 4.78 is 1.92. The third-order valence-electron chi connectivity index (χ3n) is 3.99. The van der Waals surface area contributed by atoms with Gasteiger partial charge in [0.2, 0.25) is 0 Å². The zero-order valence-corrected chi connectivity index (χ0v) is 10.2. The minimum absolute atomic E-state index is 0.254. The van der Waals surface area contributed by atoms with Crippen LogP contribution < -0.4 is 11.3 Å². The highest BCUT2D eigenvalue weighted by molar-refractivity contribution is 5.08. The Kier molecular flexibility index (Phi) is 3.61. The molecule has 1 saturated carbocycles. The molecule has 0 amide bonds. The molecular formula is C12H22N4. The van der Waals surface area contributed by atoms with E-state index < -0.39 is 0 Å². The van der Waals surface area contributed by atoms with Crippen LogP contribution in [0.1, 0.15) is 44.3 Å². The first kappa shape index (κ1) is 11.6. The molecule has 0 bridgehead atoms. The summed E-state index contributed by atoms with van der Waals surface area (Å²) in [4.78, 5) is 0. The molecule has 0 aromatic carbocycles. The Bertz CT molecular complexity index is 334. The molecule has 4 heteroatoms. The van der Waals surface area contributed by atoms with Crippen molar-refractivity contribution in [2.24, 2.45) is 24.7 Å². The van der Waals surface area contributed by atoms with E-state index >= 15 is 0 Å². The number of hydrogen-bond acceptors (Lipinski definition) is 3. The third kappa shape index (κ3) is 2.13. The molecule has 3 atom stereocenters. The van der Waals surface area contributed by atoms with E-state index in [-0.39, 0.29) is 6.04 Å². The minimum Gasteiger partial charge on any atom is -0.271 e. The van der Waals surface area contributed by atoms with E-state index in [2.05, 4.69) is 23.5 Å². The van der Waals surface area contributed by atoms with Crippen LogP contribution in [0.25, 0.3) is 0 Å². The normalized spacial score (nSPS) is 27.2. The van der Waals surface area contributed by atoms with Crippen molar-refractivity contribution in [2.45, 2.75) is 38.6 Å². The van der Waals surface area contributed by atoms with Crippen LogP contribution in [-0.2, 0) is 7.05 Å². The van der Waals surface area contributed by atoms with E-state index in [0.717, 1.165) is 5.92 Å². The van der Waals surface area contributed by atoms with E-state index in [0.29, 0.717) is 5.92 Å². The van der Waals surface area contributed by atoms with Crippen LogP contribution in [0, 0.1) is 11.8 Å². The van der Waals surface area contributed by atoms with Gasteiger partial charge in [0.25, 0.3) is 0 Å². The van der Waals surface area contributed by atoms with Gasteiger partial charge in [-0.15, -0.1) is 0 Å². The fourth-order valence-electron chi connectivity index (χ4n) is 2.94. The third-order valence-corrected chi connectivity index (χ3v) is 3.99. The Labute approximate surface area is 97.2 Å². The Balaban J connectivity index is 2.09. The molecule has 1 aliphatic carbocycles. The molecule has 1 aliphatic rings. The van der Waals surface area contributed by atoms with Crippen LogP contribution in [0.5, 0.6) is 0 Å². The predicted molar refractivity (Wildman–Crippen MR) is 64.4 cm³/mol. The van der Waals surface area contributed by atoms with E-state index in [9.17, 15) is 0 Å². The SMILES string of the molecule is CCC1CCC(C(NN)c2ccnn2C)C1. The van der Waals surface area contributed by atoms with Gasteiger partial charge in [-0.05, 0) is 30.7 Å². The van der Waals surface area contributed by atoms with Crippen molar-refractivity contribution in [3.63, 3.8) is 0 Å². The van der Waals surface area contributed by atoms with Crippen LogP contribution in [0.2, 0.25) is 0 Å². The largest absolute Gasteiger partial charge is 0.271 e. The van der Waals surface area contributed by atoms with Crippen molar-refractivity contribution in [1.82, 2.24) is 15.2 Å². The Hall–Kier alpha value is -0.870. The first-order chi connectivity index (χ1) is 7.76. The number of nitrogens with one attached hydrogen (secondary N) is 1. The fourth-order valence-corrected chi connectivity index (χ4v) is 2.94. The summed E-state index contributed by atoms with van der Waals surface area (Å²) in [7, 11) is 1.98. The molecule has 3 N–H and O–H groups in total. The average molecular weight is 222 g/mol. The monoisotopic (exact) mass is 222 g/mol. The van der Waals surface area contributed by atoms with Gasteiger partial charge >= 0.3 is 0 Å². The molecule has 0 saturated heterocycles. The first-order valence-corrected chi connectivity index (χ1v) is 6.20. The molecule has 4 nitrogen and oxygen atoms in total. The van der Waals surface area contributed by atoms with Gasteiger partial charge < -0.3 is 0 Å². The number of aromatic nitrogens is 2. The lowest BCUT2D eigenvalue weighted by Gasteiger charge is -2.23. The van der Waals surface area contributed by atoms with E-state index in [4.69, 9.17) is 5.84 Å². The van der Waals surface area contributed by atoms with Gasteiger partial charge in [0, 0.05) is 13.2 Å². The lowest BCUT2D eigenvalue weighted by molar-refractivity contribution is 0.342. The van der Waals surface area contributed by atoms with Crippen molar-refractivity contribution < 1.29 is 0 Å². The van der Waals surface area contributed by atoms with Crippen LogP contribution in [0.4, 0.5) is 0 Å². The van der Waals surface area contributed by atoms with E-state index in [1.807, 2.05) is 17.9 Å². The van der Waals surface area contributed by atoms with Crippen LogP contribution >= 0.6 is 0 Å². The quantitative estimate of drug-likeness (QED) is 0.603.